The zero-order chi connectivity index (χ0) is 18.4. The lowest BCUT2D eigenvalue weighted by molar-refractivity contribution is -0.131. The Morgan fingerprint density at radius 1 is 0.962 bits per heavy atom. The van der Waals surface area contributed by atoms with Crippen LogP contribution in [0.5, 0.6) is 0 Å². The van der Waals surface area contributed by atoms with Gasteiger partial charge in [-0.1, -0.05) is 41.9 Å². The summed E-state index contributed by atoms with van der Waals surface area (Å²) in [6.07, 6.45) is 0. The van der Waals surface area contributed by atoms with Gasteiger partial charge in [0.05, 0.1) is 6.54 Å². The van der Waals surface area contributed by atoms with Crippen molar-refractivity contribution in [1.82, 2.24) is 15.1 Å². The maximum Gasteiger partial charge on any atom is 0.251 e. The lowest BCUT2D eigenvalue weighted by Crippen LogP contribution is -2.50. The van der Waals surface area contributed by atoms with Crippen molar-refractivity contribution in [1.29, 1.82) is 0 Å². The fraction of sp³-hybridized carbons (Fsp3) is 0.300. The van der Waals surface area contributed by atoms with Crippen molar-refractivity contribution >= 4 is 23.4 Å². The van der Waals surface area contributed by atoms with E-state index in [2.05, 4.69) is 16.3 Å². The molecule has 0 aromatic heterocycles. The SMILES string of the molecule is O=C(NCC(=O)N1CCN(Cc2cccc(Cl)c2)CC1)c1ccccc1. The van der Waals surface area contributed by atoms with Crippen molar-refractivity contribution in [3.8, 4) is 0 Å². The normalized spacial score (nSPS) is 14.9. The number of nitrogens with one attached hydrogen (secondary N) is 1. The van der Waals surface area contributed by atoms with Crippen LogP contribution in [0, 0.1) is 0 Å². The van der Waals surface area contributed by atoms with Crippen LogP contribution in [-0.2, 0) is 11.3 Å². The van der Waals surface area contributed by atoms with Gasteiger partial charge in [-0.15, -0.1) is 0 Å². The van der Waals surface area contributed by atoms with Gasteiger partial charge in [0.1, 0.15) is 0 Å². The summed E-state index contributed by atoms with van der Waals surface area (Å²) in [4.78, 5) is 28.4. The number of amides is 2. The van der Waals surface area contributed by atoms with E-state index < -0.39 is 0 Å². The molecule has 5 nitrogen and oxygen atoms in total. The quantitative estimate of drug-likeness (QED) is 0.878. The first-order chi connectivity index (χ1) is 12.6. The van der Waals surface area contributed by atoms with Gasteiger partial charge in [0, 0.05) is 43.3 Å². The van der Waals surface area contributed by atoms with Crippen molar-refractivity contribution in [2.24, 2.45) is 0 Å². The van der Waals surface area contributed by atoms with Crippen molar-refractivity contribution < 1.29 is 9.59 Å². The number of piperazine rings is 1. The lowest BCUT2D eigenvalue weighted by atomic mass is 10.2. The molecule has 1 aliphatic heterocycles. The van der Waals surface area contributed by atoms with Crippen molar-refractivity contribution in [2.75, 3.05) is 32.7 Å². The van der Waals surface area contributed by atoms with Gasteiger partial charge >= 0.3 is 0 Å². The van der Waals surface area contributed by atoms with E-state index in [1.165, 1.54) is 5.56 Å². The molecule has 2 aromatic carbocycles. The minimum atomic E-state index is -0.224. The van der Waals surface area contributed by atoms with Crippen LogP contribution < -0.4 is 5.32 Å². The molecule has 0 atom stereocenters. The minimum absolute atomic E-state index is 0.0298. The Bertz CT molecular complexity index is 759. The molecule has 136 valence electrons. The molecule has 1 aliphatic rings. The summed E-state index contributed by atoms with van der Waals surface area (Å²) in [5.41, 5.74) is 1.74. The maximum absolute atomic E-state index is 12.3. The second-order valence-corrected chi connectivity index (χ2v) is 6.77. The van der Waals surface area contributed by atoms with Crippen LogP contribution in [0.3, 0.4) is 0 Å². The highest BCUT2D eigenvalue weighted by atomic mass is 35.5. The molecule has 1 fully saturated rings. The molecule has 0 saturated carbocycles. The van der Waals surface area contributed by atoms with Gasteiger partial charge in [-0.05, 0) is 29.8 Å². The Kier molecular flexibility index (Phi) is 6.26. The number of halogens is 1. The molecular formula is C20H22ClN3O2. The Labute approximate surface area is 158 Å². The summed E-state index contributed by atoms with van der Waals surface area (Å²) in [7, 11) is 0. The second-order valence-electron chi connectivity index (χ2n) is 6.34. The highest BCUT2D eigenvalue weighted by Gasteiger charge is 2.21. The fourth-order valence-electron chi connectivity index (χ4n) is 3.01. The summed E-state index contributed by atoms with van der Waals surface area (Å²) >= 11 is 6.03. The van der Waals surface area contributed by atoms with Crippen LogP contribution in [-0.4, -0.2) is 54.3 Å². The first kappa shape index (κ1) is 18.4. The molecule has 3 rings (SSSR count). The minimum Gasteiger partial charge on any atom is -0.343 e. The van der Waals surface area contributed by atoms with Gasteiger partial charge < -0.3 is 10.2 Å². The highest BCUT2D eigenvalue weighted by Crippen LogP contribution is 2.14. The van der Waals surface area contributed by atoms with E-state index in [1.807, 2.05) is 24.3 Å². The van der Waals surface area contributed by atoms with Crippen molar-refractivity contribution in [3.63, 3.8) is 0 Å². The van der Waals surface area contributed by atoms with E-state index in [0.717, 1.165) is 24.7 Å². The summed E-state index contributed by atoms with van der Waals surface area (Å²) in [6, 6.07) is 16.8. The Balaban J connectivity index is 1.43. The van der Waals surface area contributed by atoms with E-state index in [4.69, 9.17) is 11.6 Å². The number of nitrogens with zero attached hydrogens (tertiary/aromatic N) is 2. The van der Waals surface area contributed by atoms with E-state index in [9.17, 15) is 9.59 Å². The van der Waals surface area contributed by atoms with Gasteiger partial charge in [0.2, 0.25) is 5.91 Å². The molecule has 0 radical (unpaired) electrons. The van der Waals surface area contributed by atoms with Crippen LogP contribution in [0.2, 0.25) is 5.02 Å². The van der Waals surface area contributed by atoms with Crippen LogP contribution in [0.15, 0.2) is 54.6 Å². The zero-order valence-electron chi connectivity index (χ0n) is 14.5. The van der Waals surface area contributed by atoms with Crippen LogP contribution in [0.25, 0.3) is 0 Å². The summed E-state index contributed by atoms with van der Waals surface area (Å²) < 4.78 is 0. The van der Waals surface area contributed by atoms with Crippen LogP contribution >= 0.6 is 11.6 Å². The van der Waals surface area contributed by atoms with E-state index >= 15 is 0 Å². The number of hydrogen-bond donors (Lipinski definition) is 1. The monoisotopic (exact) mass is 371 g/mol. The molecule has 1 N–H and O–H groups in total. The van der Waals surface area contributed by atoms with E-state index in [1.54, 1.807) is 29.2 Å². The molecule has 1 saturated heterocycles. The van der Waals surface area contributed by atoms with Gasteiger partial charge in [-0.25, -0.2) is 0 Å². The van der Waals surface area contributed by atoms with Gasteiger partial charge in [-0.3, -0.25) is 14.5 Å². The summed E-state index contributed by atoms with van der Waals surface area (Å²) in [5.74, 6) is -0.268. The maximum atomic E-state index is 12.3. The third-order valence-corrected chi connectivity index (χ3v) is 4.69. The average Bonchev–Trinajstić information content (AvgIpc) is 2.67. The van der Waals surface area contributed by atoms with Gasteiger partial charge in [0.25, 0.3) is 5.91 Å². The number of hydrogen-bond acceptors (Lipinski definition) is 3. The van der Waals surface area contributed by atoms with Gasteiger partial charge in [0.15, 0.2) is 0 Å². The number of rotatable bonds is 5. The van der Waals surface area contributed by atoms with Crippen molar-refractivity contribution in [2.45, 2.75) is 6.54 Å². The highest BCUT2D eigenvalue weighted by molar-refractivity contribution is 6.30. The number of carbonyl (C=O) groups is 2. The molecule has 0 spiro atoms. The predicted octanol–water partition coefficient (Wildman–Crippen LogP) is 2.41. The molecule has 0 aliphatic carbocycles. The van der Waals surface area contributed by atoms with Crippen LogP contribution in [0.4, 0.5) is 0 Å². The predicted molar refractivity (Wildman–Crippen MR) is 102 cm³/mol. The standard InChI is InChI=1S/C20H22ClN3O2/c21-18-8-4-5-16(13-18)15-23-9-11-24(12-10-23)19(25)14-22-20(26)17-6-2-1-3-7-17/h1-8,13H,9-12,14-15H2,(H,22,26). The number of benzene rings is 2. The average molecular weight is 372 g/mol. The third-order valence-electron chi connectivity index (χ3n) is 4.46. The molecule has 2 amide bonds. The first-order valence-corrected chi connectivity index (χ1v) is 9.07. The second kappa shape index (κ2) is 8.83. The fourth-order valence-corrected chi connectivity index (χ4v) is 3.22. The summed E-state index contributed by atoms with van der Waals surface area (Å²) in [6.45, 7) is 3.81. The smallest absolute Gasteiger partial charge is 0.251 e. The van der Waals surface area contributed by atoms with Gasteiger partial charge in [-0.2, -0.15) is 0 Å². The topological polar surface area (TPSA) is 52.7 Å². The Morgan fingerprint density at radius 2 is 1.69 bits per heavy atom. The molecule has 0 bridgehead atoms. The lowest BCUT2D eigenvalue weighted by Gasteiger charge is -2.34. The molecule has 6 heteroatoms. The van der Waals surface area contributed by atoms with E-state index in [-0.39, 0.29) is 18.4 Å². The molecule has 0 unspecified atom stereocenters. The third kappa shape index (κ3) is 5.07. The van der Waals surface area contributed by atoms with Crippen molar-refractivity contribution in [3.05, 3.63) is 70.7 Å². The Hall–Kier alpha value is -2.37. The van der Waals surface area contributed by atoms with Crippen LogP contribution in [0.1, 0.15) is 15.9 Å². The zero-order valence-corrected chi connectivity index (χ0v) is 15.3. The molecule has 26 heavy (non-hydrogen) atoms. The summed E-state index contributed by atoms with van der Waals surface area (Å²) in [5, 5.41) is 3.44. The number of carbonyl (C=O) groups excluding carboxylic acids is 2. The van der Waals surface area contributed by atoms with E-state index in [0.29, 0.717) is 18.7 Å². The molecule has 1 heterocycles. The largest absolute Gasteiger partial charge is 0.343 e. The molecule has 2 aromatic rings. The molecular weight excluding hydrogens is 350 g/mol. The first-order valence-electron chi connectivity index (χ1n) is 8.69. The Morgan fingerprint density at radius 3 is 2.38 bits per heavy atom.